The molecular weight excluding hydrogens is 323 g/mol. The smallest absolute Gasteiger partial charge is 0.0408 e. The summed E-state index contributed by atoms with van der Waals surface area (Å²) in [7, 11) is 0. The molecule has 3 heteroatoms. The highest BCUT2D eigenvalue weighted by Gasteiger charge is 2.32. The van der Waals surface area contributed by atoms with Crippen molar-refractivity contribution in [3.63, 3.8) is 0 Å². The molecule has 0 aromatic heterocycles. The Bertz CT molecular complexity index is 595. The van der Waals surface area contributed by atoms with Gasteiger partial charge in [0.05, 0.1) is 0 Å². The lowest BCUT2D eigenvalue weighted by Gasteiger charge is -2.32. The van der Waals surface area contributed by atoms with Crippen LogP contribution in [0.1, 0.15) is 22.3 Å². The predicted molar refractivity (Wildman–Crippen MR) is 94.2 cm³/mol. The molecule has 0 nitrogen and oxygen atoms in total. The van der Waals surface area contributed by atoms with Crippen molar-refractivity contribution in [1.29, 1.82) is 0 Å². The van der Waals surface area contributed by atoms with Crippen LogP contribution in [0.5, 0.6) is 0 Å². The molecule has 0 amide bonds. The third-order valence-electron chi connectivity index (χ3n) is 4.11. The van der Waals surface area contributed by atoms with Gasteiger partial charge in [0.25, 0.3) is 0 Å². The topological polar surface area (TPSA) is 0 Å². The summed E-state index contributed by atoms with van der Waals surface area (Å²) >= 11 is 18.8. The SMILES string of the molecule is Cc1cccc(C)c1CC(CCl)(CCl)c1cccc(Cl)c1. The summed E-state index contributed by atoms with van der Waals surface area (Å²) in [5.74, 6) is 0.926. The molecule has 0 N–H and O–H groups in total. The van der Waals surface area contributed by atoms with Crippen molar-refractivity contribution in [2.75, 3.05) is 11.8 Å². The largest absolute Gasteiger partial charge is 0.126 e. The highest BCUT2D eigenvalue weighted by Crippen LogP contribution is 2.34. The molecule has 0 atom stereocenters. The van der Waals surface area contributed by atoms with E-state index >= 15 is 0 Å². The Morgan fingerprint density at radius 3 is 2.00 bits per heavy atom. The maximum Gasteiger partial charge on any atom is 0.0408 e. The van der Waals surface area contributed by atoms with E-state index in [4.69, 9.17) is 34.8 Å². The van der Waals surface area contributed by atoms with Crippen molar-refractivity contribution in [1.82, 2.24) is 0 Å². The Kier molecular flexibility index (Phi) is 5.60. The number of benzene rings is 2. The van der Waals surface area contributed by atoms with Crippen LogP contribution in [-0.2, 0) is 11.8 Å². The molecule has 112 valence electrons. The van der Waals surface area contributed by atoms with Gasteiger partial charge in [0.2, 0.25) is 0 Å². The van der Waals surface area contributed by atoms with Gasteiger partial charge in [-0.25, -0.2) is 0 Å². The van der Waals surface area contributed by atoms with Crippen LogP contribution >= 0.6 is 34.8 Å². The zero-order valence-corrected chi connectivity index (χ0v) is 14.6. The highest BCUT2D eigenvalue weighted by molar-refractivity contribution is 6.30. The fourth-order valence-corrected chi connectivity index (χ4v) is 3.64. The summed E-state index contributed by atoms with van der Waals surface area (Å²) in [4.78, 5) is 0. The molecule has 0 fully saturated rings. The molecule has 0 aliphatic heterocycles. The molecule has 0 aliphatic rings. The molecular formula is C18H19Cl3. The number of aryl methyl sites for hydroxylation is 2. The fourth-order valence-electron chi connectivity index (χ4n) is 2.67. The van der Waals surface area contributed by atoms with Gasteiger partial charge in [0.15, 0.2) is 0 Å². The van der Waals surface area contributed by atoms with Gasteiger partial charge in [0, 0.05) is 22.2 Å². The number of hydrogen-bond donors (Lipinski definition) is 0. The molecule has 2 aromatic rings. The van der Waals surface area contributed by atoms with Crippen LogP contribution in [0.2, 0.25) is 5.02 Å². The highest BCUT2D eigenvalue weighted by atomic mass is 35.5. The zero-order chi connectivity index (χ0) is 15.5. The average Bonchev–Trinajstić information content (AvgIpc) is 2.48. The third kappa shape index (κ3) is 3.56. The second-order valence-electron chi connectivity index (χ2n) is 5.61. The van der Waals surface area contributed by atoms with Crippen molar-refractivity contribution in [3.05, 3.63) is 69.7 Å². The predicted octanol–water partition coefficient (Wildman–Crippen LogP) is 5.91. The Hall–Kier alpha value is -0.690. The van der Waals surface area contributed by atoms with Crippen molar-refractivity contribution in [2.24, 2.45) is 0 Å². The first-order valence-electron chi connectivity index (χ1n) is 6.95. The van der Waals surface area contributed by atoms with E-state index in [0.717, 1.165) is 12.0 Å². The summed E-state index contributed by atoms with van der Waals surface area (Å²) in [6, 6.07) is 14.2. The molecule has 0 aliphatic carbocycles. The summed E-state index contributed by atoms with van der Waals surface area (Å²) in [5.41, 5.74) is 4.67. The van der Waals surface area contributed by atoms with Crippen molar-refractivity contribution >= 4 is 34.8 Å². The molecule has 0 unspecified atom stereocenters. The third-order valence-corrected chi connectivity index (χ3v) is 5.37. The molecule has 0 saturated carbocycles. The van der Waals surface area contributed by atoms with E-state index in [9.17, 15) is 0 Å². The van der Waals surface area contributed by atoms with Gasteiger partial charge in [-0.2, -0.15) is 0 Å². The van der Waals surface area contributed by atoms with Crippen molar-refractivity contribution < 1.29 is 0 Å². The summed E-state index contributed by atoms with van der Waals surface area (Å²) in [5, 5.41) is 0.716. The van der Waals surface area contributed by atoms with Gasteiger partial charge >= 0.3 is 0 Å². The first kappa shape index (κ1) is 16.7. The second kappa shape index (κ2) is 7.05. The second-order valence-corrected chi connectivity index (χ2v) is 6.58. The van der Waals surface area contributed by atoms with E-state index in [1.165, 1.54) is 16.7 Å². The van der Waals surface area contributed by atoms with E-state index in [-0.39, 0.29) is 5.41 Å². The lowest BCUT2D eigenvalue weighted by atomic mass is 9.77. The van der Waals surface area contributed by atoms with E-state index in [2.05, 4.69) is 38.1 Å². The van der Waals surface area contributed by atoms with Gasteiger partial charge in [0.1, 0.15) is 0 Å². The number of halogens is 3. The van der Waals surface area contributed by atoms with Gasteiger partial charge in [-0.15, -0.1) is 23.2 Å². The van der Waals surface area contributed by atoms with Crippen LogP contribution in [-0.4, -0.2) is 11.8 Å². The minimum absolute atomic E-state index is 0.301. The van der Waals surface area contributed by atoms with Gasteiger partial charge in [-0.05, 0) is 54.7 Å². The number of rotatable bonds is 5. The summed E-state index contributed by atoms with van der Waals surface area (Å²) in [6.07, 6.45) is 0.818. The lowest BCUT2D eigenvalue weighted by Crippen LogP contribution is -2.34. The Balaban J connectivity index is 2.48. The fraction of sp³-hybridized carbons (Fsp3) is 0.333. The van der Waals surface area contributed by atoms with Crippen LogP contribution < -0.4 is 0 Å². The van der Waals surface area contributed by atoms with Gasteiger partial charge < -0.3 is 0 Å². The zero-order valence-electron chi connectivity index (χ0n) is 12.3. The molecule has 2 rings (SSSR count). The van der Waals surface area contributed by atoms with E-state index in [0.29, 0.717) is 16.8 Å². The molecule has 0 bridgehead atoms. The Morgan fingerprint density at radius 2 is 1.48 bits per heavy atom. The monoisotopic (exact) mass is 340 g/mol. The summed E-state index contributed by atoms with van der Waals surface area (Å²) in [6.45, 7) is 4.26. The molecule has 0 spiro atoms. The Morgan fingerprint density at radius 1 is 0.905 bits per heavy atom. The lowest BCUT2D eigenvalue weighted by molar-refractivity contribution is 0.533. The van der Waals surface area contributed by atoms with E-state index in [1.807, 2.05) is 18.2 Å². The maximum absolute atomic E-state index is 6.34. The summed E-state index contributed by atoms with van der Waals surface area (Å²) < 4.78 is 0. The first-order valence-corrected chi connectivity index (χ1v) is 8.40. The van der Waals surface area contributed by atoms with Crippen LogP contribution in [0.3, 0.4) is 0 Å². The maximum atomic E-state index is 6.34. The van der Waals surface area contributed by atoms with Gasteiger partial charge in [-0.1, -0.05) is 41.9 Å². The van der Waals surface area contributed by atoms with E-state index < -0.39 is 0 Å². The van der Waals surface area contributed by atoms with Crippen molar-refractivity contribution in [3.8, 4) is 0 Å². The van der Waals surface area contributed by atoms with Gasteiger partial charge in [-0.3, -0.25) is 0 Å². The van der Waals surface area contributed by atoms with Crippen LogP contribution in [0.4, 0.5) is 0 Å². The van der Waals surface area contributed by atoms with Crippen LogP contribution in [0.15, 0.2) is 42.5 Å². The van der Waals surface area contributed by atoms with E-state index in [1.54, 1.807) is 0 Å². The Labute approximate surface area is 142 Å². The standard InChI is InChI=1S/C18H19Cl3/c1-13-5-3-6-14(2)17(13)10-18(11-19,12-20)15-7-4-8-16(21)9-15/h3-9H,10-12H2,1-2H3. The normalized spacial score (nSPS) is 11.7. The first-order chi connectivity index (χ1) is 10.0. The molecule has 0 radical (unpaired) electrons. The minimum Gasteiger partial charge on any atom is -0.126 e. The molecule has 0 heterocycles. The minimum atomic E-state index is -0.301. The van der Waals surface area contributed by atoms with Crippen LogP contribution in [0, 0.1) is 13.8 Å². The molecule has 21 heavy (non-hydrogen) atoms. The molecule has 0 saturated heterocycles. The molecule has 2 aromatic carbocycles. The van der Waals surface area contributed by atoms with Crippen molar-refractivity contribution in [2.45, 2.75) is 25.7 Å². The quantitative estimate of drug-likeness (QED) is 0.593. The average molecular weight is 342 g/mol. The van der Waals surface area contributed by atoms with Crippen LogP contribution in [0.25, 0.3) is 0 Å². The number of alkyl halides is 2. The number of hydrogen-bond acceptors (Lipinski definition) is 0.